The molecule has 0 aliphatic carbocycles. The number of Topliss-reactive ketones (excluding diaryl/α,β-unsaturated/α-hetero) is 1. The summed E-state index contributed by atoms with van der Waals surface area (Å²) in [7, 11) is 0. The van der Waals surface area contributed by atoms with E-state index in [1.165, 1.54) is 0 Å². The number of alkyl carbamates (subject to hydrolysis) is 1. The Balaban J connectivity index is 2.65. The third kappa shape index (κ3) is 6.12. The van der Waals surface area contributed by atoms with Crippen molar-refractivity contribution < 1.29 is 24.2 Å². The Morgan fingerprint density at radius 2 is 2.14 bits per heavy atom. The maximum atomic E-state index is 11.7. The Morgan fingerprint density at radius 1 is 1.48 bits per heavy atom. The van der Waals surface area contributed by atoms with Crippen molar-refractivity contribution in [3.8, 4) is 0 Å². The van der Waals surface area contributed by atoms with E-state index < -0.39 is 30.1 Å². The molecule has 0 aromatic rings. The zero-order chi connectivity index (χ0) is 16.0. The lowest BCUT2D eigenvalue weighted by atomic mass is 9.90. The van der Waals surface area contributed by atoms with Crippen molar-refractivity contribution in [2.75, 3.05) is 13.2 Å². The number of carbonyl (C=O) groups excluding carboxylic acids is 3. The van der Waals surface area contributed by atoms with Gasteiger partial charge in [0, 0.05) is 12.5 Å². The van der Waals surface area contributed by atoms with Crippen LogP contribution in [0.3, 0.4) is 0 Å². The zero-order valence-electron chi connectivity index (χ0n) is 12.8. The third-order valence-electron chi connectivity index (χ3n) is 3.16. The summed E-state index contributed by atoms with van der Waals surface area (Å²) >= 11 is 0. The minimum Gasteiger partial charge on any atom is -0.444 e. The molecule has 21 heavy (non-hydrogen) atoms. The molecule has 1 heterocycles. The molecule has 2 amide bonds. The standard InChI is InChI=1S/C14H24N2O5/c1-14(2,3)21-13(20)16-10(11(18)8-17)7-9-5-4-6-15-12(9)19/h9-10,17H,4-8H2,1-3H3,(H,15,19)(H,16,20). The molecule has 0 aromatic heterocycles. The van der Waals surface area contributed by atoms with Gasteiger partial charge in [0.15, 0.2) is 5.78 Å². The quantitative estimate of drug-likeness (QED) is 0.680. The molecular weight excluding hydrogens is 276 g/mol. The van der Waals surface area contributed by atoms with Crippen LogP contribution < -0.4 is 10.6 Å². The largest absolute Gasteiger partial charge is 0.444 e. The second-order valence-electron chi connectivity index (χ2n) is 6.19. The number of ether oxygens (including phenoxy) is 1. The van der Waals surface area contributed by atoms with Crippen molar-refractivity contribution in [1.29, 1.82) is 0 Å². The molecule has 1 rings (SSSR count). The predicted molar refractivity (Wildman–Crippen MR) is 75.6 cm³/mol. The molecule has 120 valence electrons. The van der Waals surface area contributed by atoms with Gasteiger partial charge in [-0.3, -0.25) is 9.59 Å². The third-order valence-corrected chi connectivity index (χ3v) is 3.16. The van der Waals surface area contributed by atoms with E-state index in [2.05, 4.69) is 10.6 Å². The topological polar surface area (TPSA) is 105 Å². The number of ketones is 1. The average molecular weight is 300 g/mol. The summed E-state index contributed by atoms with van der Waals surface area (Å²) in [4.78, 5) is 35.2. The van der Waals surface area contributed by atoms with E-state index in [1.807, 2.05) is 0 Å². The maximum Gasteiger partial charge on any atom is 0.408 e. The monoisotopic (exact) mass is 300 g/mol. The summed E-state index contributed by atoms with van der Waals surface area (Å²) < 4.78 is 5.09. The maximum absolute atomic E-state index is 11.7. The number of rotatable bonds is 5. The lowest BCUT2D eigenvalue weighted by Crippen LogP contribution is -2.48. The fourth-order valence-corrected chi connectivity index (χ4v) is 2.18. The summed E-state index contributed by atoms with van der Waals surface area (Å²) in [6, 6.07) is -0.918. The highest BCUT2D eigenvalue weighted by atomic mass is 16.6. The summed E-state index contributed by atoms with van der Waals surface area (Å²) in [5.41, 5.74) is -0.681. The van der Waals surface area contributed by atoms with E-state index in [0.717, 1.165) is 6.42 Å². The van der Waals surface area contributed by atoms with Crippen LogP contribution in [0, 0.1) is 5.92 Å². The highest BCUT2D eigenvalue weighted by molar-refractivity contribution is 5.89. The molecule has 1 aliphatic heterocycles. The summed E-state index contributed by atoms with van der Waals surface area (Å²) in [5.74, 6) is -0.989. The van der Waals surface area contributed by atoms with E-state index in [9.17, 15) is 14.4 Å². The summed E-state index contributed by atoms with van der Waals surface area (Å²) in [6.07, 6.45) is 0.940. The number of hydrogen-bond donors (Lipinski definition) is 3. The summed E-state index contributed by atoms with van der Waals surface area (Å²) in [5, 5.41) is 14.2. The van der Waals surface area contributed by atoms with Gasteiger partial charge in [-0.2, -0.15) is 0 Å². The predicted octanol–water partition coefficient (Wildman–Crippen LogP) is 0.357. The second kappa shape index (κ2) is 7.40. The van der Waals surface area contributed by atoms with Crippen molar-refractivity contribution in [1.82, 2.24) is 10.6 Å². The van der Waals surface area contributed by atoms with Gasteiger partial charge in [-0.05, 0) is 40.0 Å². The average Bonchev–Trinajstić information content (AvgIpc) is 2.37. The van der Waals surface area contributed by atoms with Gasteiger partial charge in [-0.25, -0.2) is 4.79 Å². The Bertz CT molecular complexity index is 403. The molecule has 0 spiro atoms. The van der Waals surface area contributed by atoms with Crippen molar-refractivity contribution >= 4 is 17.8 Å². The number of carbonyl (C=O) groups is 3. The van der Waals surface area contributed by atoms with E-state index in [4.69, 9.17) is 9.84 Å². The van der Waals surface area contributed by atoms with E-state index in [0.29, 0.717) is 13.0 Å². The van der Waals surface area contributed by atoms with Gasteiger partial charge in [-0.1, -0.05) is 0 Å². The Morgan fingerprint density at radius 3 is 2.67 bits per heavy atom. The van der Waals surface area contributed by atoms with Crippen LogP contribution in [-0.4, -0.2) is 47.7 Å². The molecule has 2 unspecified atom stereocenters. The molecule has 7 heteroatoms. The number of aliphatic hydroxyl groups excluding tert-OH is 1. The highest BCUT2D eigenvalue weighted by Crippen LogP contribution is 2.18. The fourth-order valence-electron chi connectivity index (χ4n) is 2.18. The van der Waals surface area contributed by atoms with Crippen molar-refractivity contribution in [3.05, 3.63) is 0 Å². The normalized spacial score (nSPS) is 20.4. The molecular formula is C14H24N2O5. The molecule has 1 fully saturated rings. The van der Waals surface area contributed by atoms with Gasteiger partial charge >= 0.3 is 6.09 Å². The first-order valence-corrected chi connectivity index (χ1v) is 7.13. The van der Waals surface area contributed by atoms with Gasteiger partial charge < -0.3 is 20.5 Å². The van der Waals surface area contributed by atoms with Crippen LogP contribution in [0.1, 0.15) is 40.0 Å². The van der Waals surface area contributed by atoms with Crippen LogP contribution in [-0.2, 0) is 14.3 Å². The number of hydrogen-bond acceptors (Lipinski definition) is 5. The first-order chi connectivity index (χ1) is 9.73. The Labute approximate surface area is 124 Å². The molecule has 0 radical (unpaired) electrons. The van der Waals surface area contributed by atoms with Crippen LogP contribution in [0.5, 0.6) is 0 Å². The summed E-state index contributed by atoms with van der Waals surface area (Å²) in [6.45, 7) is 5.08. The van der Waals surface area contributed by atoms with Crippen molar-refractivity contribution in [2.45, 2.75) is 51.7 Å². The van der Waals surface area contributed by atoms with Crippen LogP contribution in [0.2, 0.25) is 0 Å². The van der Waals surface area contributed by atoms with Crippen molar-refractivity contribution in [3.63, 3.8) is 0 Å². The molecule has 2 atom stereocenters. The van der Waals surface area contributed by atoms with Gasteiger partial charge in [0.2, 0.25) is 5.91 Å². The SMILES string of the molecule is CC(C)(C)OC(=O)NC(CC1CCCNC1=O)C(=O)CO. The lowest BCUT2D eigenvalue weighted by molar-refractivity contribution is -0.128. The molecule has 0 bridgehead atoms. The molecule has 7 nitrogen and oxygen atoms in total. The van der Waals surface area contributed by atoms with Gasteiger partial charge in [-0.15, -0.1) is 0 Å². The number of amides is 2. The van der Waals surface area contributed by atoms with Gasteiger partial charge in [0.1, 0.15) is 12.2 Å². The first-order valence-electron chi connectivity index (χ1n) is 7.13. The minimum atomic E-state index is -0.918. The Hall–Kier alpha value is -1.63. The van der Waals surface area contributed by atoms with Crippen molar-refractivity contribution in [2.24, 2.45) is 5.92 Å². The highest BCUT2D eigenvalue weighted by Gasteiger charge is 2.30. The lowest BCUT2D eigenvalue weighted by Gasteiger charge is -2.27. The molecule has 0 aromatic carbocycles. The Kier molecular flexibility index (Phi) is 6.14. The molecule has 3 N–H and O–H groups in total. The number of piperidine rings is 1. The van der Waals surface area contributed by atoms with E-state index in [-0.39, 0.29) is 18.2 Å². The molecule has 1 aliphatic rings. The molecule has 1 saturated heterocycles. The number of aliphatic hydroxyl groups is 1. The van der Waals surface area contributed by atoms with E-state index in [1.54, 1.807) is 20.8 Å². The van der Waals surface area contributed by atoms with Gasteiger partial charge in [0.05, 0.1) is 6.04 Å². The molecule has 0 saturated carbocycles. The van der Waals surface area contributed by atoms with Crippen LogP contribution in [0.25, 0.3) is 0 Å². The van der Waals surface area contributed by atoms with Crippen LogP contribution in [0.4, 0.5) is 4.79 Å². The van der Waals surface area contributed by atoms with Gasteiger partial charge in [0.25, 0.3) is 0 Å². The minimum absolute atomic E-state index is 0.122. The fraction of sp³-hybridized carbons (Fsp3) is 0.786. The number of nitrogens with one attached hydrogen (secondary N) is 2. The van der Waals surface area contributed by atoms with E-state index >= 15 is 0 Å². The zero-order valence-corrected chi connectivity index (χ0v) is 12.8. The van der Waals surface area contributed by atoms with Crippen LogP contribution in [0.15, 0.2) is 0 Å². The first kappa shape index (κ1) is 17.4. The smallest absolute Gasteiger partial charge is 0.408 e. The van der Waals surface area contributed by atoms with Crippen LogP contribution >= 0.6 is 0 Å². The second-order valence-corrected chi connectivity index (χ2v) is 6.19.